The third-order valence-electron chi connectivity index (χ3n) is 1.82. The van der Waals surface area contributed by atoms with Crippen LogP contribution in [-0.2, 0) is 6.42 Å². The van der Waals surface area contributed by atoms with Crippen molar-refractivity contribution in [3.8, 4) is 0 Å². The molecule has 0 radical (unpaired) electrons. The van der Waals surface area contributed by atoms with Gasteiger partial charge in [0, 0.05) is 12.2 Å². The molecule has 0 unspecified atom stereocenters. The highest BCUT2D eigenvalue weighted by Crippen LogP contribution is 2.14. The lowest BCUT2D eigenvalue weighted by molar-refractivity contribution is 0.712. The second-order valence-electron chi connectivity index (χ2n) is 2.97. The molecule has 1 aromatic rings. The van der Waals surface area contributed by atoms with E-state index >= 15 is 0 Å². The first-order valence-electron chi connectivity index (χ1n) is 4.72. The van der Waals surface area contributed by atoms with Crippen LogP contribution in [0.2, 0.25) is 0 Å². The van der Waals surface area contributed by atoms with Gasteiger partial charge in [-0.2, -0.15) is 0 Å². The first-order valence-corrected chi connectivity index (χ1v) is 5.71. The highest BCUT2D eigenvalue weighted by atomic mass is 32.2. The Morgan fingerprint density at radius 1 is 1.57 bits per heavy atom. The van der Waals surface area contributed by atoms with Crippen molar-refractivity contribution in [2.24, 2.45) is 0 Å². The van der Waals surface area contributed by atoms with Crippen LogP contribution in [0.25, 0.3) is 0 Å². The highest BCUT2D eigenvalue weighted by molar-refractivity contribution is 7.99. The molecule has 0 aliphatic carbocycles. The molecule has 0 saturated heterocycles. The summed E-state index contributed by atoms with van der Waals surface area (Å²) in [6, 6.07) is 0. The lowest BCUT2D eigenvalue weighted by atomic mass is 10.2. The van der Waals surface area contributed by atoms with Crippen molar-refractivity contribution in [1.82, 2.24) is 14.9 Å². The normalized spacial score (nSPS) is 10.4. The molecule has 0 bridgehead atoms. The number of hydrogen-bond donors (Lipinski definition) is 1. The molecule has 0 spiro atoms. The van der Waals surface area contributed by atoms with E-state index in [2.05, 4.69) is 23.7 Å². The van der Waals surface area contributed by atoms with E-state index in [4.69, 9.17) is 5.84 Å². The quantitative estimate of drug-likeness (QED) is 0.442. The van der Waals surface area contributed by atoms with Crippen LogP contribution >= 0.6 is 11.8 Å². The number of thioether (sulfide) groups is 1. The van der Waals surface area contributed by atoms with Gasteiger partial charge >= 0.3 is 0 Å². The molecule has 5 heteroatoms. The van der Waals surface area contributed by atoms with Gasteiger partial charge in [-0.05, 0) is 6.42 Å². The van der Waals surface area contributed by atoms with Gasteiger partial charge in [-0.25, -0.2) is 4.68 Å². The van der Waals surface area contributed by atoms with Crippen molar-refractivity contribution in [2.75, 3.05) is 11.6 Å². The highest BCUT2D eigenvalue weighted by Gasteiger charge is 2.08. The molecule has 14 heavy (non-hydrogen) atoms. The molecular weight excluding hydrogens is 196 g/mol. The van der Waals surface area contributed by atoms with Crippen LogP contribution in [0.1, 0.15) is 25.6 Å². The lowest BCUT2D eigenvalue weighted by Gasteiger charge is -2.01. The molecule has 0 atom stereocenters. The van der Waals surface area contributed by atoms with Crippen LogP contribution in [0, 0.1) is 0 Å². The first kappa shape index (κ1) is 11.1. The SMILES string of the molecule is C=CCSc1nnc(CCCC)n1N. The minimum absolute atomic E-state index is 0.760. The van der Waals surface area contributed by atoms with E-state index in [1.807, 2.05) is 6.08 Å². The summed E-state index contributed by atoms with van der Waals surface area (Å²) >= 11 is 1.55. The lowest BCUT2D eigenvalue weighted by Crippen LogP contribution is -2.14. The Morgan fingerprint density at radius 2 is 2.36 bits per heavy atom. The number of aromatic nitrogens is 3. The molecule has 2 N–H and O–H groups in total. The average Bonchev–Trinajstić information content (AvgIpc) is 2.54. The van der Waals surface area contributed by atoms with Crippen LogP contribution in [0.15, 0.2) is 17.8 Å². The Hall–Kier alpha value is -0.970. The number of hydrogen-bond acceptors (Lipinski definition) is 4. The van der Waals surface area contributed by atoms with E-state index in [1.165, 1.54) is 0 Å². The van der Waals surface area contributed by atoms with Crippen molar-refractivity contribution in [3.05, 3.63) is 18.5 Å². The molecule has 4 nitrogen and oxygen atoms in total. The summed E-state index contributed by atoms with van der Waals surface area (Å²) in [7, 11) is 0. The molecule has 0 aromatic carbocycles. The average molecular weight is 212 g/mol. The maximum Gasteiger partial charge on any atom is 0.210 e. The topological polar surface area (TPSA) is 56.7 Å². The van der Waals surface area contributed by atoms with E-state index in [9.17, 15) is 0 Å². The smallest absolute Gasteiger partial charge is 0.210 e. The summed E-state index contributed by atoms with van der Waals surface area (Å²) in [5, 5.41) is 8.81. The Labute approximate surface area is 88.6 Å². The zero-order valence-corrected chi connectivity index (χ0v) is 9.26. The zero-order chi connectivity index (χ0) is 10.4. The summed E-state index contributed by atoms with van der Waals surface area (Å²) < 4.78 is 1.57. The fourth-order valence-electron chi connectivity index (χ4n) is 1.04. The number of nitrogens with two attached hydrogens (primary N) is 1. The van der Waals surface area contributed by atoms with Crippen LogP contribution < -0.4 is 5.84 Å². The maximum absolute atomic E-state index is 5.82. The van der Waals surface area contributed by atoms with Crippen LogP contribution in [-0.4, -0.2) is 20.6 Å². The number of nitrogen functional groups attached to an aromatic ring is 1. The third-order valence-corrected chi connectivity index (χ3v) is 2.76. The molecule has 0 amide bonds. The summed E-state index contributed by atoms with van der Waals surface area (Å²) in [5.41, 5.74) is 0. The molecule has 0 saturated carbocycles. The predicted molar refractivity (Wildman–Crippen MR) is 59.7 cm³/mol. The van der Waals surface area contributed by atoms with Crippen molar-refractivity contribution < 1.29 is 0 Å². The first-order chi connectivity index (χ1) is 6.79. The number of rotatable bonds is 6. The van der Waals surface area contributed by atoms with Crippen LogP contribution in [0.3, 0.4) is 0 Å². The van der Waals surface area contributed by atoms with Crippen molar-refractivity contribution >= 4 is 11.8 Å². The Kier molecular flexibility index (Phi) is 4.52. The predicted octanol–water partition coefficient (Wildman–Crippen LogP) is 1.61. The standard InChI is InChI=1S/C9H16N4S/c1-3-5-6-8-11-12-9(13(8)10)14-7-4-2/h4H,2-3,5-7,10H2,1H3. The number of nitrogens with zero attached hydrogens (tertiary/aromatic N) is 3. The van der Waals surface area contributed by atoms with Crippen LogP contribution in [0.5, 0.6) is 0 Å². The minimum atomic E-state index is 0.760. The van der Waals surface area contributed by atoms with Gasteiger partial charge in [-0.15, -0.1) is 16.8 Å². The Bertz CT molecular complexity index is 295. The second kappa shape index (κ2) is 5.70. The van der Waals surface area contributed by atoms with E-state index in [0.29, 0.717) is 0 Å². The Morgan fingerprint density at radius 3 is 3.00 bits per heavy atom. The monoisotopic (exact) mass is 212 g/mol. The molecular formula is C9H16N4S. The number of aryl methyl sites for hydroxylation is 1. The maximum atomic E-state index is 5.82. The molecule has 1 heterocycles. The summed E-state index contributed by atoms with van der Waals surface area (Å²) in [6.07, 6.45) is 4.96. The molecule has 1 rings (SSSR count). The largest absolute Gasteiger partial charge is 0.336 e. The van der Waals surface area contributed by atoms with E-state index in [0.717, 1.165) is 36.0 Å². The van der Waals surface area contributed by atoms with Crippen molar-refractivity contribution in [1.29, 1.82) is 0 Å². The zero-order valence-electron chi connectivity index (χ0n) is 8.44. The summed E-state index contributed by atoms with van der Waals surface area (Å²) in [5.74, 6) is 7.49. The van der Waals surface area contributed by atoms with Crippen LogP contribution in [0.4, 0.5) is 0 Å². The summed E-state index contributed by atoms with van der Waals surface area (Å²) in [4.78, 5) is 0. The van der Waals surface area contributed by atoms with Gasteiger partial charge in [0.1, 0.15) is 0 Å². The van der Waals surface area contributed by atoms with Crippen molar-refractivity contribution in [3.63, 3.8) is 0 Å². The second-order valence-corrected chi connectivity index (χ2v) is 3.96. The van der Waals surface area contributed by atoms with Crippen molar-refractivity contribution in [2.45, 2.75) is 31.3 Å². The van der Waals surface area contributed by atoms with E-state index < -0.39 is 0 Å². The van der Waals surface area contributed by atoms with Gasteiger partial charge in [-0.3, -0.25) is 0 Å². The fraction of sp³-hybridized carbons (Fsp3) is 0.556. The fourth-order valence-corrected chi connectivity index (χ4v) is 1.65. The molecule has 0 aliphatic rings. The Balaban J connectivity index is 2.59. The minimum Gasteiger partial charge on any atom is -0.336 e. The third kappa shape index (κ3) is 2.77. The van der Waals surface area contributed by atoms with Gasteiger partial charge in [0.25, 0.3) is 0 Å². The van der Waals surface area contributed by atoms with Gasteiger partial charge in [0.15, 0.2) is 5.82 Å². The molecule has 78 valence electrons. The molecule has 0 fully saturated rings. The molecule has 1 aromatic heterocycles. The van der Waals surface area contributed by atoms with Gasteiger partial charge in [-0.1, -0.05) is 31.2 Å². The van der Waals surface area contributed by atoms with E-state index in [1.54, 1.807) is 16.4 Å². The van der Waals surface area contributed by atoms with E-state index in [-0.39, 0.29) is 0 Å². The number of unbranched alkanes of at least 4 members (excludes halogenated alkanes) is 1. The molecule has 0 aliphatic heterocycles. The summed E-state index contributed by atoms with van der Waals surface area (Å²) in [6.45, 7) is 5.79. The van der Waals surface area contributed by atoms with Gasteiger partial charge < -0.3 is 5.84 Å². The van der Waals surface area contributed by atoms with Gasteiger partial charge in [0.2, 0.25) is 5.16 Å². The van der Waals surface area contributed by atoms with Gasteiger partial charge in [0.05, 0.1) is 0 Å².